The van der Waals surface area contributed by atoms with Crippen molar-refractivity contribution in [1.82, 2.24) is 25.5 Å². The minimum atomic E-state index is -0.150. The molecule has 4 aromatic rings. The second kappa shape index (κ2) is 17.4. The molecule has 11 heteroatoms. The molecule has 11 nitrogen and oxygen atoms in total. The van der Waals surface area contributed by atoms with Crippen LogP contribution in [0.25, 0.3) is 17.2 Å². The highest BCUT2D eigenvalue weighted by atomic mass is 16.5. The van der Waals surface area contributed by atoms with E-state index in [0.29, 0.717) is 43.6 Å². The lowest BCUT2D eigenvalue weighted by molar-refractivity contribution is -0.112. The Bertz CT molecular complexity index is 1690. The van der Waals surface area contributed by atoms with Gasteiger partial charge in [-0.2, -0.15) is 5.21 Å². The predicted octanol–water partition coefficient (Wildman–Crippen LogP) is 6.67. The molecule has 3 aromatic carbocycles. The van der Waals surface area contributed by atoms with Crippen LogP contribution in [0.2, 0.25) is 0 Å². The molecule has 0 bridgehead atoms. The second-order valence-corrected chi connectivity index (χ2v) is 13.1. The number of aromatic amines is 1. The smallest absolute Gasteiger partial charge is 0.251 e. The number of aromatic nitrogens is 4. The largest absolute Gasteiger partial charge is 0.491 e. The van der Waals surface area contributed by atoms with Gasteiger partial charge in [0, 0.05) is 55.9 Å². The molecule has 1 amide bonds. The van der Waals surface area contributed by atoms with Crippen molar-refractivity contribution in [3.8, 4) is 16.9 Å². The molecule has 1 saturated heterocycles. The average Bonchev–Trinajstić information content (AvgIpc) is 3.62. The van der Waals surface area contributed by atoms with Crippen LogP contribution in [0, 0.1) is 0 Å². The third kappa shape index (κ3) is 9.15. The number of rotatable bonds is 15. The summed E-state index contributed by atoms with van der Waals surface area (Å²) in [4.78, 5) is 18.4. The van der Waals surface area contributed by atoms with Crippen LogP contribution in [-0.4, -0.2) is 84.1 Å². The van der Waals surface area contributed by atoms with Gasteiger partial charge in [0.15, 0.2) is 5.82 Å². The number of unbranched alkanes of at least 4 members (excludes halogenated alkanes) is 1. The summed E-state index contributed by atoms with van der Waals surface area (Å²) in [7, 11) is 2.17. The van der Waals surface area contributed by atoms with Crippen LogP contribution in [0.3, 0.4) is 0 Å². The van der Waals surface area contributed by atoms with E-state index in [4.69, 9.17) is 14.2 Å². The van der Waals surface area contributed by atoms with Gasteiger partial charge in [0.25, 0.3) is 5.91 Å². The molecule has 1 unspecified atom stereocenters. The Morgan fingerprint density at radius 3 is 2.56 bits per heavy atom. The Hall–Kier alpha value is -4.58. The van der Waals surface area contributed by atoms with E-state index in [2.05, 4.69) is 99.1 Å². The van der Waals surface area contributed by atoms with Crippen LogP contribution in [-0.2, 0) is 20.8 Å². The summed E-state index contributed by atoms with van der Waals surface area (Å²) in [6.45, 7) is 9.21. The molecule has 50 heavy (non-hydrogen) atoms. The van der Waals surface area contributed by atoms with Crippen molar-refractivity contribution in [2.24, 2.45) is 0 Å². The van der Waals surface area contributed by atoms with E-state index in [1.54, 1.807) is 0 Å². The summed E-state index contributed by atoms with van der Waals surface area (Å²) in [5.74, 6) is 1.30. The lowest BCUT2D eigenvalue weighted by Crippen LogP contribution is -2.36. The average molecular weight is 680 g/mol. The second-order valence-electron chi connectivity index (χ2n) is 13.1. The van der Waals surface area contributed by atoms with E-state index in [-0.39, 0.29) is 11.9 Å². The number of H-pyrrole nitrogens is 1. The van der Waals surface area contributed by atoms with Crippen LogP contribution in [0.4, 0.5) is 11.4 Å². The molecule has 3 heterocycles. The van der Waals surface area contributed by atoms with E-state index >= 15 is 0 Å². The lowest BCUT2D eigenvalue weighted by Gasteiger charge is -2.31. The summed E-state index contributed by atoms with van der Waals surface area (Å²) in [6, 6.07) is 23.0. The van der Waals surface area contributed by atoms with Gasteiger partial charge in [0.05, 0.1) is 12.6 Å². The van der Waals surface area contributed by atoms with Crippen LogP contribution in [0.1, 0.15) is 68.9 Å². The number of nitrogens with zero attached hydrogens (tertiary/aromatic N) is 5. The molecule has 0 radical (unpaired) electrons. The quantitative estimate of drug-likeness (QED) is 0.133. The highest BCUT2D eigenvalue weighted by molar-refractivity contribution is 6.07. The molecular weight excluding hydrogens is 630 g/mol. The van der Waals surface area contributed by atoms with Gasteiger partial charge in [-0.05, 0) is 104 Å². The number of amides is 1. The maximum Gasteiger partial charge on any atom is 0.251 e. The number of hydrogen-bond acceptors (Lipinski definition) is 9. The number of anilines is 2. The summed E-state index contributed by atoms with van der Waals surface area (Å²) in [5.41, 5.74) is 6.77. The normalized spacial score (nSPS) is 15.7. The first kappa shape index (κ1) is 35.3. The fourth-order valence-electron chi connectivity index (χ4n) is 6.56. The highest BCUT2D eigenvalue weighted by Crippen LogP contribution is 2.36. The van der Waals surface area contributed by atoms with Crippen molar-refractivity contribution in [3.05, 3.63) is 89.3 Å². The molecule has 2 aliphatic heterocycles. The number of carbonyl (C=O) groups excluding carboxylic acids is 1. The number of ether oxygens (including phenoxy) is 3. The predicted molar refractivity (Wildman–Crippen MR) is 196 cm³/mol. The van der Waals surface area contributed by atoms with Crippen LogP contribution in [0.5, 0.6) is 5.75 Å². The van der Waals surface area contributed by atoms with Crippen molar-refractivity contribution < 1.29 is 19.0 Å². The number of fused-ring (bicyclic) bond motifs is 1. The van der Waals surface area contributed by atoms with Gasteiger partial charge in [-0.3, -0.25) is 9.69 Å². The van der Waals surface area contributed by atoms with E-state index < -0.39 is 0 Å². The zero-order valence-electron chi connectivity index (χ0n) is 29.4. The van der Waals surface area contributed by atoms with E-state index in [1.807, 2.05) is 30.3 Å². The maximum atomic E-state index is 13.8. The number of benzene rings is 3. The number of nitrogens with one attached hydrogen (secondary N) is 2. The number of tetrazole rings is 1. The summed E-state index contributed by atoms with van der Waals surface area (Å²) < 4.78 is 17.0. The van der Waals surface area contributed by atoms with Gasteiger partial charge in [-0.25, -0.2) is 0 Å². The van der Waals surface area contributed by atoms with Crippen molar-refractivity contribution in [2.75, 3.05) is 56.8 Å². The van der Waals surface area contributed by atoms with Crippen molar-refractivity contribution in [3.63, 3.8) is 0 Å². The zero-order valence-corrected chi connectivity index (χ0v) is 29.4. The Morgan fingerprint density at radius 2 is 1.82 bits per heavy atom. The van der Waals surface area contributed by atoms with Crippen LogP contribution < -0.4 is 15.0 Å². The van der Waals surface area contributed by atoms with E-state index in [1.165, 1.54) is 5.56 Å². The Kier molecular flexibility index (Phi) is 12.3. The van der Waals surface area contributed by atoms with Crippen molar-refractivity contribution in [2.45, 2.75) is 64.6 Å². The Morgan fingerprint density at radius 1 is 1.04 bits per heavy atom. The van der Waals surface area contributed by atoms with Gasteiger partial charge in [0.1, 0.15) is 12.4 Å². The lowest BCUT2D eigenvalue weighted by atomic mass is 9.99. The van der Waals surface area contributed by atoms with Gasteiger partial charge in [-0.1, -0.05) is 48.9 Å². The standard InChI is InChI=1S/C39H49N7O4/c1-4-5-20-48-23-24-50-36-13-8-30(9-14-36)31-10-15-37-33(25-31)26-32(16-19-46(37)28(2)38-41-43-44-42-38)39(47)40-34-11-6-29(7-12-34)27-45(3)35-17-21-49-22-18-35/h6-15,25-26,28,35H,4-5,16-24,27H2,1-3H3,(H,40,47)(H,41,42,43,44). The first-order valence-corrected chi connectivity index (χ1v) is 17.8. The number of carbonyl (C=O) groups is 1. The fraction of sp³-hybridized carbons (Fsp3) is 0.436. The molecule has 1 fully saturated rings. The van der Waals surface area contributed by atoms with Gasteiger partial charge < -0.3 is 24.4 Å². The van der Waals surface area contributed by atoms with Crippen molar-refractivity contribution >= 4 is 23.4 Å². The molecule has 2 N–H and O–H groups in total. The molecule has 1 aromatic heterocycles. The molecule has 0 saturated carbocycles. The fourth-order valence-corrected chi connectivity index (χ4v) is 6.56. The van der Waals surface area contributed by atoms with E-state index in [9.17, 15) is 4.79 Å². The van der Waals surface area contributed by atoms with E-state index in [0.717, 1.165) is 85.9 Å². The Labute approximate surface area is 295 Å². The third-order valence-corrected chi connectivity index (χ3v) is 9.57. The van der Waals surface area contributed by atoms with Gasteiger partial charge >= 0.3 is 0 Å². The minimum absolute atomic E-state index is 0.109. The monoisotopic (exact) mass is 679 g/mol. The zero-order chi connectivity index (χ0) is 34.7. The Balaban J connectivity index is 1.17. The van der Waals surface area contributed by atoms with Gasteiger partial charge in [-0.15, -0.1) is 10.2 Å². The topological polar surface area (TPSA) is 118 Å². The molecule has 1 atom stereocenters. The molecular formula is C39H49N7O4. The van der Waals surface area contributed by atoms with Crippen molar-refractivity contribution in [1.29, 1.82) is 0 Å². The van der Waals surface area contributed by atoms with Crippen LogP contribution in [0.15, 0.2) is 72.3 Å². The number of hydrogen-bond donors (Lipinski definition) is 2. The van der Waals surface area contributed by atoms with Gasteiger partial charge in [0.2, 0.25) is 0 Å². The molecule has 6 rings (SSSR count). The molecule has 0 aliphatic carbocycles. The third-order valence-electron chi connectivity index (χ3n) is 9.57. The van der Waals surface area contributed by atoms with Crippen LogP contribution >= 0.6 is 0 Å². The summed E-state index contributed by atoms with van der Waals surface area (Å²) in [5, 5.41) is 18.0. The SMILES string of the molecule is CCCCOCCOc1ccc(-c2ccc3c(c2)C=C(C(=O)Nc2ccc(CN(C)C4CCOCC4)cc2)CCN3C(C)c2nn[nH]n2)cc1. The molecule has 2 aliphatic rings. The maximum absolute atomic E-state index is 13.8. The summed E-state index contributed by atoms with van der Waals surface area (Å²) >= 11 is 0. The molecule has 264 valence electrons. The minimum Gasteiger partial charge on any atom is -0.491 e. The molecule has 0 spiro atoms. The first-order valence-electron chi connectivity index (χ1n) is 17.8. The highest BCUT2D eigenvalue weighted by Gasteiger charge is 2.26. The summed E-state index contributed by atoms with van der Waals surface area (Å²) in [6.07, 6.45) is 6.88. The first-order chi connectivity index (χ1) is 24.5.